The molecule has 3 rings (SSSR count). The van der Waals surface area contributed by atoms with Crippen molar-refractivity contribution in [1.82, 2.24) is 20.2 Å². The van der Waals surface area contributed by atoms with Crippen LogP contribution in [-0.2, 0) is 7.05 Å². The van der Waals surface area contributed by atoms with Gasteiger partial charge in [-0.05, 0) is 46.8 Å². The molecule has 0 bridgehead atoms. The van der Waals surface area contributed by atoms with Gasteiger partial charge in [0.2, 0.25) is 0 Å². The van der Waals surface area contributed by atoms with Crippen LogP contribution < -0.4 is 14.8 Å². The molecule has 0 fully saturated rings. The molecule has 0 aliphatic heterocycles. The number of rotatable bonds is 5. The van der Waals surface area contributed by atoms with Crippen molar-refractivity contribution in [2.24, 2.45) is 7.05 Å². The number of nitrogens with zero attached hydrogens (tertiary/aromatic N) is 4. The van der Waals surface area contributed by atoms with E-state index in [-0.39, 0.29) is 5.91 Å². The molecular weight excluding hydrogens is 322 g/mol. The number of hydrogen-bond donors (Lipinski definition) is 1. The lowest BCUT2D eigenvalue weighted by molar-refractivity contribution is 0.102. The number of tetrazole rings is 1. The van der Waals surface area contributed by atoms with Crippen LogP contribution in [0.2, 0.25) is 0 Å². The number of carbonyl (C=O) groups excluding carboxylic acids is 1. The van der Waals surface area contributed by atoms with E-state index in [1.165, 1.54) is 14.2 Å². The lowest BCUT2D eigenvalue weighted by Crippen LogP contribution is -2.14. The lowest BCUT2D eigenvalue weighted by atomic mass is 10.1. The van der Waals surface area contributed by atoms with Gasteiger partial charge in [0.15, 0.2) is 5.82 Å². The van der Waals surface area contributed by atoms with Gasteiger partial charge >= 0.3 is 0 Å². The van der Waals surface area contributed by atoms with E-state index in [4.69, 9.17) is 9.47 Å². The van der Waals surface area contributed by atoms with Crippen LogP contribution in [0.3, 0.4) is 0 Å². The monoisotopic (exact) mass is 339 g/mol. The minimum absolute atomic E-state index is 0.317. The standard InChI is InChI=1S/C17H17N5O3/c1-22-16(19-20-21-22)11-7-9-12(10-8-11)18-17(23)15-13(24-2)5-4-6-14(15)25-3/h4-10H,1-3H3,(H,18,23). The van der Waals surface area contributed by atoms with Gasteiger partial charge in [0, 0.05) is 18.3 Å². The van der Waals surface area contributed by atoms with Crippen molar-refractivity contribution >= 4 is 11.6 Å². The second-order valence-corrected chi connectivity index (χ2v) is 5.20. The molecule has 1 N–H and O–H groups in total. The number of hydrogen-bond acceptors (Lipinski definition) is 6. The highest BCUT2D eigenvalue weighted by molar-refractivity contribution is 6.08. The van der Waals surface area contributed by atoms with Crippen molar-refractivity contribution in [3.63, 3.8) is 0 Å². The largest absolute Gasteiger partial charge is 0.496 e. The van der Waals surface area contributed by atoms with Crippen LogP contribution in [0.1, 0.15) is 10.4 Å². The zero-order valence-electron chi connectivity index (χ0n) is 14.1. The quantitative estimate of drug-likeness (QED) is 0.766. The van der Waals surface area contributed by atoms with Crippen LogP contribution in [0.15, 0.2) is 42.5 Å². The maximum absolute atomic E-state index is 12.6. The zero-order valence-corrected chi connectivity index (χ0v) is 14.1. The summed E-state index contributed by atoms with van der Waals surface area (Å²) in [5.41, 5.74) is 1.83. The number of benzene rings is 2. The van der Waals surface area contributed by atoms with Crippen LogP contribution in [0.4, 0.5) is 5.69 Å². The molecule has 8 heteroatoms. The summed E-state index contributed by atoms with van der Waals surface area (Å²) in [4.78, 5) is 12.6. The minimum Gasteiger partial charge on any atom is -0.496 e. The van der Waals surface area contributed by atoms with Gasteiger partial charge in [-0.1, -0.05) is 6.07 Å². The highest BCUT2D eigenvalue weighted by Crippen LogP contribution is 2.29. The van der Waals surface area contributed by atoms with Crippen molar-refractivity contribution in [2.75, 3.05) is 19.5 Å². The van der Waals surface area contributed by atoms with Gasteiger partial charge < -0.3 is 14.8 Å². The predicted molar refractivity (Wildman–Crippen MR) is 91.7 cm³/mol. The highest BCUT2D eigenvalue weighted by Gasteiger charge is 2.18. The summed E-state index contributed by atoms with van der Waals surface area (Å²) in [6.45, 7) is 0. The van der Waals surface area contributed by atoms with Gasteiger partial charge in [-0.25, -0.2) is 4.68 Å². The number of aromatic nitrogens is 4. The Kier molecular flexibility index (Phi) is 4.60. The fourth-order valence-corrected chi connectivity index (χ4v) is 2.45. The number of amides is 1. The Morgan fingerprint density at radius 3 is 2.20 bits per heavy atom. The van der Waals surface area contributed by atoms with E-state index < -0.39 is 0 Å². The highest BCUT2D eigenvalue weighted by atomic mass is 16.5. The molecule has 25 heavy (non-hydrogen) atoms. The molecular formula is C17H17N5O3. The van der Waals surface area contributed by atoms with Crippen LogP contribution in [-0.4, -0.2) is 40.3 Å². The smallest absolute Gasteiger partial charge is 0.263 e. The average molecular weight is 339 g/mol. The molecule has 128 valence electrons. The molecule has 8 nitrogen and oxygen atoms in total. The summed E-state index contributed by atoms with van der Waals surface area (Å²) in [5.74, 6) is 1.21. The van der Waals surface area contributed by atoms with E-state index >= 15 is 0 Å². The van der Waals surface area contributed by atoms with Crippen LogP contribution >= 0.6 is 0 Å². The second-order valence-electron chi connectivity index (χ2n) is 5.20. The van der Waals surface area contributed by atoms with Crippen molar-refractivity contribution < 1.29 is 14.3 Å². The number of nitrogens with one attached hydrogen (secondary N) is 1. The maximum atomic E-state index is 12.6. The van der Waals surface area contributed by atoms with E-state index in [1.54, 1.807) is 42.1 Å². The Morgan fingerprint density at radius 1 is 1.04 bits per heavy atom. The topological polar surface area (TPSA) is 91.2 Å². The first-order valence-corrected chi connectivity index (χ1v) is 7.49. The van der Waals surface area contributed by atoms with Gasteiger partial charge in [0.1, 0.15) is 17.1 Å². The van der Waals surface area contributed by atoms with Gasteiger partial charge in [0.25, 0.3) is 5.91 Å². The molecule has 0 aliphatic rings. The predicted octanol–water partition coefficient (Wildman–Crippen LogP) is 2.15. The first-order valence-electron chi connectivity index (χ1n) is 7.49. The minimum atomic E-state index is -0.317. The molecule has 0 aliphatic carbocycles. The Bertz CT molecular complexity index is 867. The van der Waals surface area contributed by atoms with E-state index in [1.807, 2.05) is 12.1 Å². The molecule has 0 spiro atoms. The summed E-state index contributed by atoms with van der Waals surface area (Å²) >= 11 is 0. The maximum Gasteiger partial charge on any atom is 0.263 e. The molecule has 0 saturated heterocycles. The molecule has 0 atom stereocenters. The molecule has 1 aromatic heterocycles. The molecule has 1 heterocycles. The third kappa shape index (κ3) is 3.27. The summed E-state index contributed by atoms with van der Waals surface area (Å²) in [7, 11) is 4.78. The Labute approximate surface area is 144 Å². The van der Waals surface area contributed by atoms with E-state index in [2.05, 4.69) is 20.8 Å². The van der Waals surface area contributed by atoms with Crippen molar-refractivity contribution in [3.8, 4) is 22.9 Å². The third-order valence-corrected chi connectivity index (χ3v) is 3.68. The van der Waals surface area contributed by atoms with E-state index in [0.717, 1.165) is 5.56 Å². The number of methoxy groups -OCH3 is 2. The summed E-state index contributed by atoms with van der Waals surface area (Å²) in [6.07, 6.45) is 0. The Hall–Kier alpha value is -3.42. The number of anilines is 1. The van der Waals surface area contributed by atoms with Crippen LogP contribution in [0.25, 0.3) is 11.4 Å². The number of aryl methyl sites for hydroxylation is 1. The van der Waals surface area contributed by atoms with Crippen molar-refractivity contribution in [3.05, 3.63) is 48.0 Å². The Balaban J connectivity index is 1.84. The van der Waals surface area contributed by atoms with Crippen LogP contribution in [0, 0.1) is 0 Å². The molecule has 0 unspecified atom stereocenters. The molecule has 3 aromatic rings. The first kappa shape index (κ1) is 16.4. The zero-order chi connectivity index (χ0) is 17.8. The Morgan fingerprint density at radius 2 is 1.68 bits per heavy atom. The number of carbonyl (C=O) groups is 1. The van der Waals surface area contributed by atoms with E-state index in [9.17, 15) is 4.79 Å². The molecule has 2 aromatic carbocycles. The molecule has 0 saturated carbocycles. The summed E-state index contributed by atoms with van der Waals surface area (Å²) in [5, 5.41) is 14.2. The van der Waals surface area contributed by atoms with E-state index in [0.29, 0.717) is 28.6 Å². The third-order valence-electron chi connectivity index (χ3n) is 3.68. The van der Waals surface area contributed by atoms with Crippen LogP contribution in [0.5, 0.6) is 11.5 Å². The second kappa shape index (κ2) is 7.00. The summed E-state index contributed by atoms with van der Waals surface area (Å²) in [6, 6.07) is 12.4. The molecule has 1 amide bonds. The SMILES string of the molecule is COc1cccc(OC)c1C(=O)Nc1ccc(-c2nnnn2C)cc1. The van der Waals surface area contributed by atoms with Gasteiger partial charge in [-0.15, -0.1) is 5.10 Å². The van der Waals surface area contributed by atoms with Gasteiger partial charge in [-0.2, -0.15) is 0 Å². The normalized spacial score (nSPS) is 10.4. The van der Waals surface area contributed by atoms with Gasteiger partial charge in [-0.3, -0.25) is 4.79 Å². The summed E-state index contributed by atoms with van der Waals surface area (Å²) < 4.78 is 12.1. The number of ether oxygens (including phenoxy) is 2. The lowest BCUT2D eigenvalue weighted by Gasteiger charge is -2.13. The first-order chi connectivity index (χ1) is 12.1. The van der Waals surface area contributed by atoms with Crippen molar-refractivity contribution in [1.29, 1.82) is 0 Å². The van der Waals surface area contributed by atoms with Crippen molar-refractivity contribution in [2.45, 2.75) is 0 Å². The van der Waals surface area contributed by atoms with Gasteiger partial charge in [0.05, 0.1) is 14.2 Å². The average Bonchev–Trinajstić information content (AvgIpc) is 3.07. The fraction of sp³-hybridized carbons (Fsp3) is 0.176. The fourth-order valence-electron chi connectivity index (χ4n) is 2.45. The molecule has 0 radical (unpaired) electrons.